The number of halogens is 1. The van der Waals surface area contributed by atoms with Crippen molar-refractivity contribution >= 4 is 28.5 Å². The summed E-state index contributed by atoms with van der Waals surface area (Å²) in [7, 11) is 0. The summed E-state index contributed by atoms with van der Waals surface area (Å²) in [5, 5.41) is 4.19. The maximum absolute atomic E-state index is 12.6. The number of pyridine rings is 1. The summed E-state index contributed by atoms with van der Waals surface area (Å²) in [6, 6.07) is 3.96. The summed E-state index contributed by atoms with van der Waals surface area (Å²) in [5.41, 5.74) is 0.906. The lowest BCUT2D eigenvalue weighted by Gasteiger charge is -2.49. The predicted octanol–water partition coefficient (Wildman–Crippen LogP) is 2.69. The standard InChI is InChI=1S/C16H18ClN3O2/c1-9-14(10-2-5-20(9)6-3-10)19-16(21)12-8-13-11(4-7-22-13)15(17)18-12/h4,7-10,14H,2-3,5-6H2,1H3,(H,19,21). The number of aromatic nitrogens is 1. The first-order valence-corrected chi connectivity index (χ1v) is 8.10. The maximum Gasteiger partial charge on any atom is 0.270 e. The number of fused-ring (bicyclic) bond motifs is 4. The highest BCUT2D eigenvalue weighted by Gasteiger charge is 2.40. The molecule has 5 rings (SSSR count). The molecule has 0 radical (unpaired) electrons. The number of amides is 1. The Kier molecular flexibility index (Phi) is 3.35. The van der Waals surface area contributed by atoms with Gasteiger partial charge >= 0.3 is 0 Å². The molecule has 2 atom stereocenters. The molecule has 5 nitrogen and oxygen atoms in total. The van der Waals surface area contributed by atoms with E-state index >= 15 is 0 Å². The minimum absolute atomic E-state index is 0.175. The Morgan fingerprint density at radius 1 is 1.45 bits per heavy atom. The van der Waals surface area contributed by atoms with Gasteiger partial charge < -0.3 is 9.73 Å². The second kappa shape index (κ2) is 5.25. The van der Waals surface area contributed by atoms with Crippen molar-refractivity contribution in [3.63, 3.8) is 0 Å². The minimum Gasteiger partial charge on any atom is -0.464 e. The van der Waals surface area contributed by atoms with Crippen molar-refractivity contribution in [1.29, 1.82) is 0 Å². The van der Waals surface area contributed by atoms with Crippen molar-refractivity contribution in [2.75, 3.05) is 13.1 Å². The Morgan fingerprint density at radius 2 is 2.23 bits per heavy atom. The van der Waals surface area contributed by atoms with Crippen molar-refractivity contribution in [1.82, 2.24) is 15.2 Å². The number of carbonyl (C=O) groups excluding carboxylic acids is 1. The van der Waals surface area contributed by atoms with Crippen LogP contribution in [-0.2, 0) is 0 Å². The number of carbonyl (C=O) groups is 1. The number of hydrogen-bond acceptors (Lipinski definition) is 4. The van der Waals surface area contributed by atoms with Crippen molar-refractivity contribution in [3.05, 3.63) is 29.2 Å². The van der Waals surface area contributed by atoms with E-state index in [4.69, 9.17) is 16.0 Å². The van der Waals surface area contributed by atoms with E-state index in [1.165, 1.54) is 0 Å². The number of furan rings is 1. The third-order valence-corrected chi connectivity index (χ3v) is 5.40. The van der Waals surface area contributed by atoms with Crippen LogP contribution in [0.3, 0.4) is 0 Å². The molecule has 0 aliphatic carbocycles. The van der Waals surface area contributed by atoms with E-state index < -0.39 is 0 Å². The van der Waals surface area contributed by atoms with Gasteiger partial charge in [-0.3, -0.25) is 9.69 Å². The molecule has 1 amide bonds. The van der Waals surface area contributed by atoms with Crippen LogP contribution in [0.15, 0.2) is 22.8 Å². The lowest BCUT2D eigenvalue weighted by atomic mass is 9.79. The molecule has 3 aliphatic heterocycles. The fourth-order valence-electron chi connectivity index (χ4n) is 3.81. The molecule has 1 N–H and O–H groups in total. The quantitative estimate of drug-likeness (QED) is 0.865. The van der Waals surface area contributed by atoms with E-state index in [0.29, 0.717) is 28.4 Å². The minimum atomic E-state index is -0.175. The lowest BCUT2D eigenvalue weighted by Crippen LogP contribution is -2.62. The largest absolute Gasteiger partial charge is 0.464 e. The topological polar surface area (TPSA) is 58.4 Å². The Labute approximate surface area is 133 Å². The molecular weight excluding hydrogens is 302 g/mol. The van der Waals surface area contributed by atoms with E-state index in [1.54, 1.807) is 18.4 Å². The third kappa shape index (κ3) is 2.20. The molecule has 5 heterocycles. The molecule has 3 saturated heterocycles. The third-order valence-electron chi connectivity index (χ3n) is 5.11. The van der Waals surface area contributed by atoms with E-state index in [0.717, 1.165) is 31.3 Å². The van der Waals surface area contributed by atoms with Gasteiger partial charge in [0, 0.05) is 18.2 Å². The summed E-state index contributed by atoms with van der Waals surface area (Å²) >= 11 is 6.12. The van der Waals surface area contributed by atoms with Crippen LogP contribution >= 0.6 is 11.6 Å². The highest BCUT2D eigenvalue weighted by molar-refractivity contribution is 6.34. The molecule has 2 aromatic rings. The average molecular weight is 320 g/mol. The van der Waals surface area contributed by atoms with Gasteiger partial charge in [0.05, 0.1) is 11.6 Å². The first-order chi connectivity index (χ1) is 10.6. The van der Waals surface area contributed by atoms with Crippen molar-refractivity contribution in [2.45, 2.75) is 31.8 Å². The molecule has 0 aromatic carbocycles. The van der Waals surface area contributed by atoms with Crippen LogP contribution in [-0.4, -0.2) is 41.0 Å². The van der Waals surface area contributed by atoms with Gasteiger partial charge in [-0.15, -0.1) is 0 Å². The van der Waals surface area contributed by atoms with Crippen molar-refractivity contribution in [2.24, 2.45) is 5.92 Å². The summed E-state index contributed by atoms with van der Waals surface area (Å²) in [6.07, 6.45) is 3.86. The van der Waals surface area contributed by atoms with Crippen molar-refractivity contribution in [3.8, 4) is 0 Å². The number of nitrogens with one attached hydrogen (secondary N) is 1. The molecule has 2 aromatic heterocycles. The SMILES string of the molecule is CC1C(NC(=O)c2cc3occc3c(Cl)n2)C2CCN1CC2. The van der Waals surface area contributed by atoms with E-state index in [-0.39, 0.29) is 11.9 Å². The van der Waals surface area contributed by atoms with Gasteiger partial charge in [0.1, 0.15) is 16.4 Å². The molecule has 2 unspecified atom stereocenters. The normalized spacial score (nSPS) is 30.6. The number of nitrogens with zero attached hydrogens (tertiary/aromatic N) is 2. The summed E-state index contributed by atoms with van der Waals surface area (Å²) < 4.78 is 5.34. The van der Waals surface area contributed by atoms with Gasteiger partial charge in [0.2, 0.25) is 0 Å². The number of rotatable bonds is 2. The van der Waals surface area contributed by atoms with E-state index in [1.807, 2.05) is 0 Å². The smallest absolute Gasteiger partial charge is 0.270 e. The van der Waals surface area contributed by atoms with Crippen LogP contribution in [0.5, 0.6) is 0 Å². The molecule has 116 valence electrons. The lowest BCUT2D eigenvalue weighted by molar-refractivity contribution is 0.0216. The van der Waals surface area contributed by atoms with Crippen LogP contribution < -0.4 is 5.32 Å². The molecule has 22 heavy (non-hydrogen) atoms. The zero-order valence-corrected chi connectivity index (χ0v) is 13.1. The summed E-state index contributed by atoms with van der Waals surface area (Å²) in [6.45, 7) is 4.47. The summed E-state index contributed by atoms with van der Waals surface area (Å²) in [5.74, 6) is 0.387. The van der Waals surface area contributed by atoms with Crippen LogP contribution in [0.4, 0.5) is 0 Å². The Bertz CT molecular complexity index is 719. The predicted molar refractivity (Wildman–Crippen MR) is 84.0 cm³/mol. The number of piperidine rings is 3. The second-order valence-corrected chi connectivity index (χ2v) is 6.60. The van der Waals surface area contributed by atoms with Gasteiger partial charge in [-0.05, 0) is 44.8 Å². The Hall–Kier alpha value is -1.59. The van der Waals surface area contributed by atoms with Gasteiger partial charge in [0.25, 0.3) is 5.91 Å². The fourth-order valence-corrected chi connectivity index (χ4v) is 4.06. The zero-order chi connectivity index (χ0) is 15.3. The molecular formula is C16H18ClN3O2. The van der Waals surface area contributed by atoms with Gasteiger partial charge in [0.15, 0.2) is 0 Å². The van der Waals surface area contributed by atoms with Crippen LogP contribution in [0.1, 0.15) is 30.3 Å². The summed E-state index contributed by atoms with van der Waals surface area (Å²) in [4.78, 5) is 19.2. The molecule has 6 heteroatoms. The van der Waals surface area contributed by atoms with Crippen molar-refractivity contribution < 1.29 is 9.21 Å². The first-order valence-electron chi connectivity index (χ1n) is 7.72. The van der Waals surface area contributed by atoms with Gasteiger partial charge in [-0.25, -0.2) is 4.98 Å². The first kappa shape index (κ1) is 14.0. The zero-order valence-electron chi connectivity index (χ0n) is 12.4. The Morgan fingerprint density at radius 3 is 2.95 bits per heavy atom. The molecule has 0 spiro atoms. The molecule has 2 bridgehead atoms. The van der Waals surface area contributed by atoms with Crippen LogP contribution in [0, 0.1) is 5.92 Å². The second-order valence-electron chi connectivity index (χ2n) is 6.24. The molecule has 3 aliphatic rings. The highest BCUT2D eigenvalue weighted by Crippen LogP contribution is 2.32. The molecule has 3 fully saturated rings. The van der Waals surface area contributed by atoms with Crippen LogP contribution in [0.2, 0.25) is 5.15 Å². The van der Waals surface area contributed by atoms with Gasteiger partial charge in [-0.1, -0.05) is 11.6 Å². The van der Waals surface area contributed by atoms with Gasteiger partial charge in [-0.2, -0.15) is 0 Å². The fraction of sp³-hybridized carbons (Fsp3) is 0.500. The molecule has 0 saturated carbocycles. The van der Waals surface area contributed by atoms with Crippen LogP contribution in [0.25, 0.3) is 11.0 Å². The average Bonchev–Trinajstić information content (AvgIpc) is 3.00. The van der Waals surface area contributed by atoms with E-state index in [9.17, 15) is 4.79 Å². The monoisotopic (exact) mass is 319 g/mol. The maximum atomic E-state index is 12.6. The number of hydrogen-bond donors (Lipinski definition) is 1. The highest BCUT2D eigenvalue weighted by atomic mass is 35.5. The Balaban J connectivity index is 1.58. The van der Waals surface area contributed by atoms with E-state index in [2.05, 4.69) is 22.1 Å².